The number of carbonyl (C=O) groups excluding carboxylic acids is 1. The van der Waals surface area contributed by atoms with Crippen LogP contribution in [0.3, 0.4) is 0 Å². The Hall–Kier alpha value is -1.83. The lowest BCUT2D eigenvalue weighted by molar-refractivity contribution is 0.0767. The van der Waals surface area contributed by atoms with Crippen LogP contribution in [0.5, 0.6) is 0 Å². The molecule has 0 heterocycles. The average molecular weight is 261 g/mol. The van der Waals surface area contributed by atoms with Crippen LogP contribution in [0.1, 0.15) is 27.9 Å². The van der Waals surface area contributed by atoms with Crippen molar-refractivity contribution in [2.75, 3.05) is 26.8 Å². The van der Waals surface area contributed by atoms with Gasteiger partial charge in [0.05, 0.1) is 13.2 Å². The predicted octanol–water partition coefficient (Wildman–Crippen LogP) is 0.793. The molecule has 0 bridgehead atoms. The number of aliphatic hydroxyl groups excluding tert-OH is 2. The molecule has 0 aromatic heterocycles. The number of aryl methyl sites for hydroxylation is 1. The van der Waals surface area contributed by atoms with Gasteiger partial charge in [0, 0.05) is 31.1 Å². The molecule has 0 saturated heterocycles. The molecule has 0 radical (unpaired) electrons. The Bertz CT molecular complexity index is 500. The van der Waals surface area contributed by atoms with Crippen molar-refractivity contribution in [2.45, 2.75) is 13.3 Å². The van der Waals surface area contributed by atoms with E-state index in [4.69, 9.17) is 10.2 Å². The fraction of sp³-hybridized carbons (Fsp3) is 0.400. The summed E-state index contributed by atoms with van der Waals surface area (Å²) in [5.41, 5.74) is 2.27. The van der Waals surface area contributed by atoms with E-state index in [0.29, 0.717) is 18.5 Å². The van der Waals surface area contributed by atoms with Gasteiger partial charge in [0.15, 0.2) is 0 Å². The van der Waals surface area contributed by atoms with Gasteiger partial charge < -0.3 is 15.1 Å². The van der Waals surface area contributed by atoms with Crippen molar-refractivity contribution in [2.24, 2.45) is 0 Å². The van der Waals surface area contributed by atoms with E-state index in [1.807, 2.05) is 13.0 Å². The van der Waals surface area contributed by atoms with Gasteiger partial charge in [0.1, 0.15) is 0 Å². The summed E-state index contributed by atoms with van der Waals surface area (Å²) in [5, 5.41) is 17.5. The molecule has 0 unspecified atom stereocenters. The Morgan fingerprint density at radius 2 is 2.00 bits per heavy atom. The molecule has 0 aliphatic rings. The van der Waals surface area contributed by atoms with Gasteiger partial charge in [-0.05, 0) is 30.7 Å². The van der Waals surface area contributed by atoms with E-state index < -0.39 is 0 Å². The highest BCUT2D eigenvalue weighted by Crippen LogP contribution is 2.11. The zero-order valence-corrected chi connectivity index (χ0v) is 11.3. The van der Waals surface area contributed by atoms with E-state index in [0.717, 1.165) is 11.1 Å². The first-order valence-electron chi connectivity index (χ1n) is 6.16. The third-order valence-corrected chi connectivity index (χ3v) is 2.58. The van der Waals surface area contributed by atoms with Gasteiger partial charge in [-0.1, -0.05) is 11.8 Å². The summed E-state index contributed by atoms with van der Waals surface area (Å²) in [6, 6.07) is 5.42. The van der Waals surface area contributed by atoms with Crippen LogP contribution in [0, 0.1) is 18.8 Å². The predicted molar refractivity (Wildman–Crippen MR) is 73.8 cm³/mol. The Morgan fingerprint density at radius 3 is 2.63 bits per heavy atom. The van der Waals surface area contributed by atoms with E-state index in [1.54, 1.807) is 19.2 Å². The number of hydrogen-bond donors (Lipinski definition) is 2. The van der Waals surface area contributed by atoms with Gasteiger partial charge in [-0.15, -0.1) is 0 Å². The summed E-state index contributed by atoms with van der Waals surface area (Å²) in [4.78, 5) is 13.6. The van der Waals surface area contributed by atoms with E-state index in [-0.39, 0.29) is 19.1 Å². The van der Waals surface area contributed by atoms with Gasteiger partial charge in [0.25, 0.3) is 5.91 Å². The van der Waals surface area contributed by atoms with Crippen LogP contribution in [0.4, 0.5) is 0 Å². The molecule has 1 aromatic rings. The van der Waals surface area contributed by atoms with Crippen LogP contribution >= 0.6 is 0 Å². The minimum atomic E-state index is -0.136. The molecule has 4 heteroatoms. The first-order chi connectivity index (χ1) is 9.08. The molecule has 4 nitrogen and oxygen atoms in total. The lowest BCUT2D eigenvalue weighted by Gasteiger charge is -2.16. The first-order valence-corrected chi connectivity index (χ1v) is 6.16. The Balaban J connectivity index is 2.97. The number of rotatable bonds is 4. The SMILES string of the molecule is Cc1cc(C#CCCO)cc(C(=O)N(C)CCO)c1. The standard InChI is InChI=1S/C15H19NO3/c1-12-9-13(5-3-4-7-17)11-14(10-12)15(19)16(2)6-8-18/h9-11,17-18H,4,6-8H2,1-2H3. The average Bonchev–Trinajstić information content (AvgIpc) is 2.38. The summed E-state index contributed by atoms with van der Waals surface area (Å²) in [7, 11) is 1.65. The number of nitrogens with zero attached hydrogens (tertiary/aromatic N) is 1. The van der Waals surface area contributed by atoms with Crippen LogP contribution in [0.15, 0.2) is 18.2 Å². The van der Waals surface area contributed by atoms with E-state index in [2.05, 4.69) is 11.8 Å². The summed E-state index contributed by atoms with van der Waals surface area (Å²) in [6.45, 7) is 2.18. The maximum Gasteiger partial charge on any atom is 0.253 e. The van der Waals surface area contributed by atoms with Gasteiger partial charge in [0.2, 0.25) is 0 Å². The smallest absolute Gasteiger partial charge is 0.253 e. The lowest BCUT2D eigenvalue weighted by Crippen LogP contribution is -2.29. The maximum absolute atomic E-state index is 12.1. The largest absolute Gasteiger partial charge is 0.395 e. The van der Waals surface area contributed by atoms with Crippen molar-refractivity contribution in [1.82, 2.24) is 4.90 Å². The normalized spacial score (nSPS) is 9.68. The molecule has 2 N–H and O–H groups in total. The van der Waals surface area contributed by atoms with Crippen molar-refractivity contribution in [3.63, 3.8) is 0 Å². The van der Waals surface area contributed by atoms with Gasteiger partial charge >= 0.3 is 0 Å². The van der Waals surface area contributed by atoms with Crippen molar-refractivity contribution >= 4 is 5.91 Å². The van der Waals surface area contributed by atoms with E-state index in [1.165, 1.54) is 4.90 Å². The molecular formula is C15H19NO3. The monoisotopic (exact) mass is 261 g/mol. The van der Waals surface area contributed by atoms with E-state index in [9.17, 15) is 4.79 Å². The minimum absolute atomic E-state index is 0.0316. The van der Waals surface area contributed by atoms with Crippen molar-refractivity contribution in [3.05, 3.63) is 34.9 Å². The molecule has 0 aliphatic carbocycles. The number of aliphatic hydroxyl groups is 2. The van der Waals surface area contributed by atoms with Crippen molar-refractivity contribution < 1.29 is 15.0 Å². The Kier molecular flexibility index (Phi) is 6.07. The molecular weight excluding hydrogens is 242 g/mol. The number of hydrogen-bond acceptors (Lipinski definition) is 3. The highest BCUT2D eigenvalue weighted by molar-refractivity contribution is 5.94. The van der Waals surface area contributed by atoms with Crippen molar-refractivity contribution in [3.8, 4) is 11.8 Å². The second-order valence-corrected chi connectivity index (χ2v) is 4.31. The molecule has 0 aliphatic heterocycles. The minimum Gasteiger partial charge on any atom is -0.395 e. The zero-order chi connectivity index (χ0) is 14.3. The molecule has 19 heavy (non-hydrogen) atoms. The number of benzene rings is 1. The van der Waals surface area contributed by atoms with Gasteiger partial charge in [-0.3, -0.25) is 4.79 Å². The molecule has 1 rings (SSSR count). The fourth-order valence-corrected chi connectivity index (χ4v) is 1.67. The fourth-order valence-electron chi connectivity index (χ4n) is 1.67. The quantitative estimate of drug-likeness (QED) is 0.788. The summed E-state index contributed by atoms with van der Waals surface area (Å²) in [5.74, 6) is 5.62. The van der Waals surface area contributed by atoms with Gasteiger partial charge in [-0.25, -0.2) is 0 Å². The third kappa shape index (κ3) is 4.74. The molecule has 0 saturated carbocycles. The van der Waals surface area contributed by atoms with E-state index >= 15 is 0 Å². The molecule has 0 spiro atoms. The first kappa shape index (κ1) is 15.2. The number of carbonyl (C=O) groups is 1. The lowest BCUT2D eigenvalue weighted by atomic mass is 10.1. The summed E-state index contributed by atoms with van der Waals surface area (Å²) < 4.78 is 0. The summed E-state index contributed by atoms with van der Waals surface area (Å²) >= 11 is 0. The highest BCUT2D eigenvalue weighted by atomic mass is 16.3. The van der Waals surface area contributed by atoms with Crippen molar-refractivity contribution in [1.29, 1.82) is 0 Å². The van der Waals surface area contributed by atoms with Crippen LogP contribution in [-0.4, -0.2) is 47.8 Å². The zero-order valence-electron chi connectivity index (χ0n) is 11.3. The molecule has 1 aromatic carbocycles. The topological polar surface area (TPSA) is 60.8 Å². The van der Waals surface area contributed by atoms with Crippen LogP contribution < -0.4 is 0 Å². The maximum atomic E-state index is 12.1. The highest BCUT2D eigenvalue weighted by Gasteiger charge is 2.11. The molecule has 0 fully saturated rings. The van der Waals surface area contributed by atoms with Gasteiger partial charge in [-0.2, -0.15) is 0 Å². The second kappa shape index (κ2) is 7.57. The molecule has 102 valence electrons. The van der Waals surface area contributed by atoms with Crippen LogP contribution in [-0.2, 0) is 0 Å². The number of amides is 1. The third-order valence-electron chi connectivity index (χ3n) is 2.58. The molecule has 0 atom stereocenters. The Morgan fingerprint density at radius 1 is 1.26 bits per heavy atom. The Labute approximate surface area is 113 Å². The number of likely N-dealkylation sites (N-methyl/N-ethyl adjacent to an activating group) is 1. The molecule has 1 amide bonds. The van der Waals surface area contributed by atoms with Crippen LogP contribution in [0.25, 0.3) is 0 Å². The second-order valence-electron chi connectivity index (χ2n) is 4.31. The van der Waals surface area contributed by atoms with Crippen LogP contribution in [0.2, 0.25) is 0 Å². The summed E-state index contributed by atoms with van der Waals surface area (Å²) in [6.07, 6.45) is 0.418.